The maximum absolute atomic E-state index is 12.8. The zero-order chi connectivity index (χ0) is 34.0. The summed E-state index contributed by atoms with van der Waals surface area (Å²) in [6.07, 6.45) is 7.61. The standard InChI is InChI=1S/C38H34FNO8/c1-3-26-24-33(45-21-20-40-35(41)18-19-36(40)42)16-17-34(26)29-8-4-27(5-9-29)28-6-10-30(11-7-28)38(44)48-32-14-12-31(13-15-32)46-22-23-47-37(43)25(2)39/h4-12,14,16-19,24H,2-3,13,15,20-23H2,1H3. The van der Waals surface area contributed by atoms with Crippen molar-refractivity contribution in [2.24, 2.45) is 0 Å². The monoisotopic (exact) mass is 651 g/mol. The molecule has 0 fully saturated rings. The van der Waals surface area contributed by atoms with Gasteiger partial charge in [0, 0.05) is 25.0 Å². The third-order valence-corrected chi connectivity index (χ3v) is 7.71. The summed E-state index contributed by atoms with van der Waals surface area (Å²) in [5.74, 6) is -1.57. The number of benzene rings is 3. The Labute approximate surface area is 277 Å². The molecule has 0 radical (unpaired) electrons. The van der Waals surface area contributed by atoms with E-state index >= 15 is 0 Å². The van der Waals surface area contributed by atoms with Crippen molar-refractivity contribution < 1.29 is 42.5 Å². The lowest BCUT2D eigenvalue weighted by molar-refractivity contribution is -0.142. The summed E-state index contributed by atoms with van der Waals surface area (Å²) in [7, 11) is 0. The second kappa shape index (κ2) is 15.7. The number of hydrogen-bond acceptors (Lipinski definition) is 8. The predicted octanol–water partition coefficient (Wildman–Crippen LogP) is 6.65. The molecule has 1 aliphatic heterocycles. The van der Waals surface area contributed by atoms with Crippen LogP contribution in [0.3, 0.4) is 0 Å². The minimum Gasteiger partial charge on any atom is -0.494 e. The van der Waals surface area contributed by atoms with Crippen LogP contribution >= 0.6 is 0 Å². The fourth-order valence-electron chi connectivity index (χ4n) is 5.15. The molecule has 10 heteroatoms. The molecular formula is C38H34FNO8. The van der Waals surface area contributed by atoms with E-state index in [-0.39, 0.29) is 38.2 Å². The largest absolute Gasteiger partial charge is 0.494 e. The van der Waals surface area contributed by atoms with E-state index in [0.717, 1.165) is 39.1 Å². The van der Waals surface area contributed by atoms with E-state index in [1.807, 2.05) is 42.5 Å². The van der Waals surface area contributed by atoms with Gasteiger partial charge in [-0.05, 0) is 70.7 Å². The normalized spacial score (nSPS) is 13.9. The number of rotatable bonds is 14. The minimum atomic E-state index is -1.16. The summed E-state index contributed by atoms with van der Waals surface area (Å²) in [5, 5.41) is 0. The van der Waals surface area contributed by atoms with E-state index in [1.54, 1.807) is 24.3 Å². The smallest absolute Gasteiger partial charge is 0.366 e. The lowest BCUT2D eigenvalue weighted by Gasteiger charge is -2.16. The summed E-state index contributed by atoms with van der Waals surface area (Å²) in [5.41, 5.74) is 5.61. The second-order valence-corrected chi connectivity index (χ2v) is 10.9. The Morgan fingerprint density at radius 2 is 1.42 bits per heavy atom. The first-order valence-corrected chi connectivity index (χ1v) is 15.5. The summed E-state index contributed by atoms with van der Waals surface area (Å²) in [6.45, 7) is 5.31. The first-order valence-electron chi connectivity index (χ1n) is 15.5. The molecule has 0 unspecified atom stereocenters. The molecule has 1 heterocycles. The van der Waals surface area contributed by atoms with E-state index in [4.69, 9.17) is 14.2 Å². The highest BCUT2D eigenvalue weighted by molar-refractivity contribution is 6.12. The van der Waals surface area contributed by atoms with Crippen LogP contribution in [0, 0.1) is 0 Å². The third-order valence-electron chi connectivity index (χ3n) is 7.71. The third kappa shape index (κ3) is 8.52. The molecule has 3 aromatic rings. The Bertz CT molecular complexity index is 1790. The molecule has 0 saturated carbocycles. The Morgan fingerprint density at radius 1 is 0.792 bits per heavy atom. The van der Waals surface area contributed by atoms with Gasteiger partial charge in [-0.15, -0.1) is 0 Å². The van der Waals surface area contributed by atoms with Crippen LogP contribution in [-0.4, -0.2) is 55.0 Å². The van der Waals surface area contributed by atoms with Crippen LogP contribution in [-0.2, 0) is 35.0 Å². The average Bonchev–Trinajstić information content (AvgIpc) is 3.43. The van der Waals surface area contributed by atoms with E-state index in [0.29, 0.717) is 35.7 Å². The number of ether oxygens (including phenoxy) is 4. The second-order valence-electron chi connectivity index (χ2n) is 10.9. The van der Waals surface area contributed by atoms with E-state index in [2.05, 4.69) is 30.4 Å². The van der Waals surface area contributed by atoms with Crippen LogP contribution in [0.2, 0.25) is 0 Å². The maximum Gasteiger partial charge on any atom is 0.366 e. The van der Waals surface area contributed by atoms with Crippen molar-refractivity contribution in [2.45, 2.75) is 26.2 Å². The molecule has 1 aliphatic carbocycles. The molecule has 9 nitrogen and oxygen atoms in total. The van der Waals surface area contributed by atoms with E-state index in [1.165, 1.54) is 12.2 Å². The number of carbonyl (C=O) groups excluding carboxylic acids is 4. The Morgan fingerprint density at radius 3 is 2.04 bits per heavy atom. The molecule has 2 aliphatic rings. The molecular weight excluding hydrogens is 617 g/mol. The molecule has 0 aromatic heterocycles. The van der Waals surface area contributed by atoms with Crippen LogP contribution in [0.25, 0.3) is 22.3 Å². The van der Waals surface area contributed by atoms with Crippen molar-refractivity contribution in [2.75, 3.05) is 26.4 Å². The highest BCUT2D eigenvalue weighted by Crippen LogP contribution is 2.31. The molecule has 5 rings (SSSR count). The quantitative estimate of drug-likeness (QED) is 0.0826. The van der Waals surface area contributed by atoms with Crippen molar-refractivity contribution in [3.63, 3.8) is 0 Å². The van der Waals surface area contributed by atoms with Crippen LogP contribution in [0.5, 0.6) is 5.75 Å². The van der Waals surface area contributed by atoms with Crippen molar-refractivity contribution >= 4 is 23.8 Å². The van der Waals surface area contributed by atoms with Crippen LogP contribution < -0.4 is 4.74 Å². The molecule has 0 atom stereocenters. The zero-order valence-corrected chi connectivity index (χ0v) is 26.4. The number of hydrogen-bond donors (Lipinski definition) is 0. The van der Waals surface area contributed by atoms with Crippen LogP contribution in [0.15, 0.2) is 115 Å². The summed E-state index contributed by atoms with van der Waals surface area (Å²) >= 11 is 0. The number of amides is 2. The van der Waals surface area contributed by atoms with E-state index < -0.39 is 17.8 Å². The topological polar surface area (TPSA) is 108 Å². The van der Waals surface area contributed by atoms with Crippen LogP contribution in [0.4, 0.5) is 4.39 Å². The van der Waals surface area contributed by atoms with E-state index in [9.17, 15) is 23.6 Å². The molecule has 3 aromatic carbocycles. The highest BCUT2D eigenvalue weighted by Gasteiger charge is 2.23. The van der Waals surface area contributed by atoms with Gasteiger partial charge in [0.25, 0.3) is 11.8 Å². The highest BCUT2D eigenvalue weighted by atomic mass is 19.1. The van der Waals surface area contributed by atoms with Gasteiger partial charge in [0.2, 0.25) is 5.83 Å². The number of nitrogens with zero attached hydrogens (tertiary/aromatic N) is 1. The molecule has 0 saturated heterocycles. The summed E-state index contributed by atoms with van der Waals surface area (Å²) in [6, 6.07) is 21.3. The lowest BCUT2D eigenvalue weighted by Crippen LogP contribution is -2.33. The summed E-state index contributed by atoms with van der Waals surface area (Å²) < 4.78 is 34.2. The van der Waals surface area contributed by atoms with Gasteiger partial charge >= 0.3 is 11.9 Å². The number of carbonyl (C=O) groups is 4. The van der Waals surface area contributed by atoms with Gasteiger partial charge in [0.05, 0.1) is 17.9 Å². The molecule has 2 amide bonds. The Hall–Kier alpha value is -5.77. The van der Waals surface area contributed by atoms with Crippen molar-refractivity contribution in [3.05, 3.63) is 126 Å². The Kier molecular flexibility index (Phi) is 11.0. The predicted molar refractivity (Wildman–Crippen MR) is 176 cm³/mol. The lowest BCUT2D eigenvalue weighted by atomic mass is 9.95. The number of aryl methyl sites for hydroxylation is 1. The minimum absolute atomic E-state index is 0.0693. The first-order chi connectivity index (χ1) is 23.2. The summed E-state index contributed by atoms with van der Waals surface area (Å²) in [4.78, 5) is 48.4. The number of esters is 2. The molecule has 0 spiro atoms. The van der Waals surface area contributed by atoms with Crippen molar-refractivity contribution in [1.82, 2.24) is 4.90 Å². The number of imide groups is 1. The van der Waals surface area contributed by atoms with Gasteiger partial charge in [-0.3, -0.25) is 14.5 Å². The maximum atomic E-state index is 12.8. The molecule has 0 bridgehead atoms. The SMILES string of the molecule is C=C(F)C(=O)OCCOC1=CC=C(OC(=O)c2ccc(-c3ccc(-c4ccc(OCCN5C(=O)C=CC5=O)cc4CC)cc3)cc2)CC1. The van der Waals surface area contributed by atoms with Gasteiger partial charge in [0.15, 0.2) is 0 Å². The van der Waals surface area contributed by atoms with Gasteiger partial charge in [0.1, 0.15) is 31.3 Å². The van der Waals surface area contributed by atoms with Crippen molar-refractivity contribution in [1.29, 1.82) is 0 Å². The Balaban J connectivity index is 1.13. The number of allylic oxidation sites excluding steroid dienone is 4. The average molecular weight is 652 g/mol. The molecule has 0 N–H and O–H groups in total. The molecule has 246 valence electrons. The van der Waals surface area contributed by atoms with Crippen molar-refractivity contribution in [3.8, 4) is 28.0 Å². The molecule has 48 heavy (non-hydrogen) atoms. The van der Waals surface area contributed by atoms with Crippen LogP contribution in [0.1, 0.15) is 35.7 Å². The zero-order valence-electron chi connectivity index (χ0n) is 26.4. The first kappa shape index (κ1) is 33.6. The fourth-order valence-corrected chi connectivity index (χ4v) is 5.15. The van der Waals surface area contributed by atoms with Gasteiger partial charge < -0.3 is 18.9 Å². The van der Waals surface area contributed by atoms with Gasteiger partial charge in [-0.25, -0.2) is 9.59 Å². The number of halogens is 1. The van der Waals surface area contributed by atoms with Gasteiger partial charge in [-0.1, -0.05) is 56.0 Å². The fraction of sp³-hybridized carbons (Fsp3) is 0.211. The van der Waals surface area contributed by atoms with Gasteiger partial charge in [-0.2, -0.15) is 4.39 Å².